The van der Waals surface area contributed by atoms with E-state index in [0.717, 1.165) is 10.7 Å². The second-order valence-electron chi connectivity index (χ2n) is 6.06. The Labute approximate surface area is 102 Å². The molecule has 0 unspecified atom stereocenters. The van der Waals surface area contributed by atoms with Gasteiger partial charge in [-0.2, -0.15) is 13.1 Å². The minimum atomic E-state index is -4.61. The summed E-state index contributed by atoms with van der Waals surface area (Å²) >= 11 is 0. The Morgan fingerprint density at radius 3 is 1.71 bits per heavy atom. The number of rotatable bonds is 2. The second kappa shape index (κ2) is 3.88. The zero-order valence-corrected chi connectivity index (χ0v) is 11.9. The highest BCUT2D eigenvalue weighted by Gasteiger charge is 2.55. The largest absolute Gasteiger partial charge is 0.356 e. The van der Waals surface area contributed by atoms with E-state index in [9.17, 15) is 17.2 Å². The Morgan fingerprint density at radius 2 is 1.41 bits per heavy atom. The van der Waals surface area contributed by atoms with Crippen LogP contribution in [0.3, 0.4) is 0 Å². The van der Waals surface area contributed by atoms with Crippen molar-refractivity contribution in [1.29, 1.82) is 0 Å². The van der Waals surface area contributed by atoms with Gasteiger partial charge in [0.1, 0.15) is 0 Å². The molecule has 6 heteroatoms. The number of alkyl halides is 2. The van der Waals surface area contributed by atoms with Crippen molar-refractivity contribution in [3.63, 3.8) is 0 Å². The summed E-state index contributed by atoms with van der Waals surface area (Å²) < 4.78 is 51.7. The van der Waals surface area contributed by atoms with Crippen LogP contribution >= 0.6 is 0 Å². The van der Waals surface area contributed by atoms with E-state index in [1.807, 2.05) is 0 Å². The molecule has 1 saturated heterocycles. The Bertz CT molecular complexity index is 380. The van der Waals surface area contributed by atoms with Crippen LogP contribution in [0.4, 0.5) is 8.78 Å². The molecule has 0 aliphatic carbocycles. The summed E-state index contributed by atoms with van der Waals surface area (Å²) in [7, 11) is -4.61. The van der Waals surface area contributed by atoms with Crippen molar-refractivity contribution < 1.29 is 17.2 Å². The van der Waals surface area contributed by atoms with Crippen LogP contribution in [0.1, 0.15) is 53.9 Å². The quantitative estimate of drug-likeness (QED) is 0.773. The third-order valence-corrected chi connectivity index (χ3v) is 5.75. The van der Waals surface area contributed by atoms with Crippen molar-refractivity contribution in [2.45, 2.75) is 70.2 Å². The van der Waals surface area contributed by atoms with E-state index < -0.39 is 26.4 Å². The van der Waals surface area contributed by atoms with Crippen LogP contribution in [0.15, 0.2) is 0 Å². The number of halogens is 2. The molecule has 1 aliphatic heterocycles. The number of hydrogen-bond acceptors (Lipinski definition) is 2. The molecule has 3 nitrogen and oxygen atoms in total. The third-order valence-electron chi connectivity index (χ3n) is 3.37. The van der Waals surface area contributed by atoms with E-state index in [1.54, 1.807) is 27.7 Å². The van der Waals surface area contributed by atoms with Gasteiger partial charge >= 0.3 is 5.25 Å². The van der Waals surface area contributed by atoms with Gasteiger partial charge in [0.25, 0.3) is 10.0 Å². The van der Waals surface area contributed by atoms with E-state index in [1.165, 1.54) is 0 Å². The van der Waals surface area contributed by atoms with Crippen LogP contribution in [0.5, 0.6) is 0 Å². The molecule has 0 radical (unpaired) electrons. The predicted octanol–water partition coefficient (Wildman–Crippen LogP) is 2.97. The normalized spacial score (nSPS) is 25.8. The molecule has 0 spiro atoms. The SMILES string of the molecule is CC1(C)CCCC(C)(C)N1S(=O)(=O)C(C)(F)F. The van der Waals surface area contributed by atoms with Crippen molar-refractivity contribution >= 4 is 10.0 Å². The van der Waals surface area contributed by atoms with Gasteiger partial charge in [-0.15, -0.1) is 0 Å². The Balaban J connectivity index is 3.34. The minimum Gasteiger partial charge on any atom is -0.206 e. The lowest BCUT2D eigenvalue weighted by atomic mass is 9.83. The van der Waals surface area contributed by atoms with Gasteiger partial charge in [-0.05, 0) is 47.0 Å². The lowest BCUT2D eigenvalue weighted by Crippen LogP contribution is -2.63. The van der Waals surface area contributed by atoms with Gasteiger partial charge in [-0.25, -0.2) is 8.42 Å². The Morgan fingerprint density at radius 1 is 1.06 bits per heavy atom. The lowest BCUT2D eigenvalue weighted by molar-refractivity contribution is 0.0296. The molecule has 0 saturated carbocycles. The number of nitrogens with zero attached hydrogens (tertiary/aromatic N) is 1. The number of sulfonamides is 1. The molecule has 0 aromatic heterocycles. The van der Waals surface area contributed by atoms with Gasteiger partial charge in [-0.1, -0.05) is 0 Å². The molecule has 1 rings (SSSR count). The first-order valence-corrected chi connectivity index (χ1v) is 7.19. The van der Waals surface area contributed by atoms with Crippen LogP contribution in [0, 0.1) is 0 Å². The summed E-state index contributed by atoms with van der Waals surface area (Å²) in [6.07, 6.45) is 2.05. The molecule has 0 bridgehead atoms. The summed E-state index contributed by atoms with van der Waals surface area (Å²) in [6.45, 7) is 7.27. The molecular weight excluding hydrogens is 248 g/mol. The van der Waals surface area contributed by atoms with E-state index in [2.05, 4.69) is 0 Å². The first-order chi connectivity index (χ1) is 7.32. The summed E-state index contributed by atoms with van der Waals surface area (Å²) in [6, 6.07) is 0. The summed E-state index contributed by atoms with van der Waals surface area (Å²) in [5, 5.41) is -3.74. The van der Waals surface area contributed by atoms with E-state index in [-0.39, 0.29) is 0 Å². The highest BCUT2D eigenvalue weighted by Crippen LogP contribution is 2.43. The summed E-state index contributed by atoms with van der Waals surface area (Å²) in [5.74, 6) is 0. The maximum atomic E-state index is 13.3. The zero-order chi connectivity index (χ0) is 13.7. The maximum absolute atomic E-state index is 13.3. The monoisotopic (exact) mass is 269 g/mol. The Kier molecular flexibility index (Phi) is 3.39. The van der Waals surface area contributed by atoms with Gasteiger partial charge in [0.15, 0.2) is 0 Å². The van der Waals surface area contributed by atoms with E-state index in [0.29, 0.717) is 19.8 Å². The van der Waals surface area contributed by atoms with Crippen LogP contribution in [-0.4, -0.2) is 29.1 Å². The fourth-order valence-electron chi connectivity index (χ4n) is 2.79. The minimum absolute atomic E-state index is 0.448. The van der Waals surface area contributed by atoms with Crippen LogP contribution < -0.4 is 0 Å². The van der Waals surface area contributed by atoms with Gasteiger partial charge in [0, 0.05) is 18.0 Å². The second-order valence-corrected chi connectivity index (χ2v) is 8.09. The standard InChI is InChI=1S/C11H21F2NO2S/c1-9(2)7-6-8-10(3,4)14(9)17(15,16)11(5,12)13/h6-8H2,1-5H3. The van der Waals surface area contributed by atoms with E-state index in [4.69, 9.17) is 0 Å². The number of piperidine rings is 1. The average molecular weight is 269 g/mol. The van der Waals surface area contributed by atoms with Crippen molar-refractivity contribution in [3.8, 4) is 0 Å². The maximum Gasteiger partial charge on any atom is 0.356 e. The smallest absolute Gasteiger partial charge is 0.206 e. The molecule has 1 aliphatic rings. The van der Waals surface area contributed by atoms with E-state index >= 15 is 0 Å². The van der Waals surface area contributed by atoms with Crippen molar-refractivity contribution in [2.24, 2.45) is 0 Å². The first-order valence-electron chi connectivity index (χ1n) is 5.75. The average Bonchev–Trinajstić information content (AvgIpc) is 1.95. The molecule has 0 aromatic carbocycles. The Hall–Kier alpha value is -0.230. The molecule has 1 heterocycles. The van der Waals surface area contributed by atoms with Crippen LogP contribution in [0.2, 0.25) is 0 Å². The molecule has 0 atom stereocenters. The van der Waals surface area contributed by atoms with Crippen molar-refractivity contribution in [2.75, 3.05) is 0 Å². The highest BCUT2D eigenvalue weighted by molar-refractivity contribution is 7.90. The fraction of sp³-hybridized carbons (Fsp3) is 1.00. The first kappa shape index (κ1) is 14.8. The molecular formula is C11H21F2NO2S. The molecule has 0 amide bonds. The molecule has 17 heavy (non-hydrogen) atoms. The van der Waals surface area contributed by atoms with Crippen molar-refractivity contribution in [3.05, 3.63) is 0 Å². The third kappa shape index (κ3) is 2.47. The molecule has 1 fully saturated rings. The zero-order valence-electron chi connectivity index (χ0n) is 11.0. The lowest BCUT2D eigenvalue weighted by Gasteiger charge is -2.51. The van der Waals surface area contributed by atoms with Crippen LogP contribution in [-0.2, 0) is 10.0 Å². The molecule has 0 N–H and O–H groups in total. The fourth-order valence-corrected chi connectivity index (χ4v) is 4.59. The van der Waals surface area contributed by atoms with Gasteiger partial charge in [-0.3, -0.25) is 0 Å². The van der Waals surface area contributed by atoms with Crippen molar-refractivity contribution in [1.82, 2.24) is 4.31 Å². The topological polar surface area (TPSA) is 37.4 Å². The summed E-state index contributed by atoms with van der Waals surface area (Å²) in [4.78, 5) is 0. The van der Waals surface area contributed by atoms with Gasteiger partial charge < -0.3 is 0 Å². The predicted molar refractivity (Wildman–Crippen MR) is 63.4 cm³/mol. The molecule has 0 aromatic rings. The number of hydrogen-bond donors (Lipinski definition) is 0. The van der Waals surface area contributed by atoms with Gasteiger partial charge in [0.05, 0.1) is 0 Å². The van der Waals surface area contributed by atoms with Crippen LogP contribution in [0.25, 0.3) is 0 Å². The molecule has 102 valence electrons. The van der Waals surface area contributed by atoms with Gasteiger partial charge in [0.2, 0.25) is 0 Å². The summed E-state index contributed by atoms with van der Waals surface area (Å²) in [5.41, 5.74) is -1.53. The highest BCUT2D eigenvalue weighted by atomic mass is 32.2.